The number of imide groups is 2. The van der Waals surface area contributed by atoms with E-state index in [1.165, 1.54) is 9.80 Å². The quantitative estimate of drug-likeness (QED) is 0.690. The van der Waals surface area contributed by atoms with Crippen LogP contribution in [0.25, 0.3) is 0 Å². The molecule has 2 saturated heterocycles. The van der Waals surface area contributed by atoms with Gasteiger partial charge in [-0.25, -0.2) is 0 Å². The van der Waals surface area contributed by atoms with Gasteiger partial charge >= 0.3 is 0 Å². The minimum atomic E-state index is -0.0825. The second kappa shape index (κ2) is 10.3. The van der Waals surface area contributed by atoms with Crippen molar-refractivity contribution in [2.45, 2.75) is 83.5 Å². The summed E-state index contributed by atoms with van der Waals surface area (Å²) < 4.78 is 0. The van der Waals surface area contributed by atoms with E-state index in [-0.39, 0.29) is 23.6 Å². The molecule has 4 amide bonds. The Kier molecular flexibility index (Phi) is 8.09. The molecule has 2 fully saturated rings. The van der Waals surface area contributed by atoms with Gasteiger partial charge < -0.3 is 0 Å². The second-order valence-corrected chi connectivity index (χ2v) is 7.06. The third-order valence-corrected chi connectivity index (χ3v) is 5.03. The molecule has 2 aliphatic heterocycles. The SMILES string of the molecule is O=C(CCCCCC(=O)N1CCCCCC1=O)N1CCCCCC1=O. The van der Waals surface area contributed by atoms with Gasteiger partial charge in [0.1, 0.15) is 0 Å². The summed E-state index contributed by atoms with van der Waals surface area (Å²) in [6.07, 6.45) is 9.37. The number of amides is 4. The van der Waals surface area contributed by atoms with Crippen LogP contribution in [0.1, 0.15) is 83.5 Å². The fourth-order valence-electron chi connectivity index (χ4n) is 3.49. The van der Waals surface area contributed by atoms with Gasteiger partial charge in [0.25, 0.3) is 0 Å². The van der Waals surface area contributed by atoms with Crippen molar-refractivity contribution in [1.29, 1.82) is 0 Å². The summed E-state index contributed by atoms with van der Waals surface area (Å²) in [7, 11) is 0. The van der Waals surface area contributed by atoms with Crippen LogP contribution in [0.4, 0.5) is 0 Å². The fraction of sp³-hybridized carbons (Fsp3) is 0.789. The van der Waals surface area contributed by atoms with Crippen molar-refractivity contribution in [1.82, 2.24) is 9.80 Å². The molecule has 0 spiro atoms. The number of likely N-dealkylation sites (tertiary alicyclic amines) is 2. The van der Waals surface area contributed by atoms with Crippen LogP contribution in [-0.2, 0) is 19.2 Å². The minimum Gasteiger partial charge on any atom is -0.283 e. The van der Waals surface area contributed by atoms with Gasteiger partial charge in [-0.2, -0.15) is 0 Å². The number of rotatable bonds is 6. The first-order valence-corrected chi connectivity index (χ1v) is 9.76. The zero-order valence-corrected chi connectivity index (χ0v) is 15.1. The minimum absolute atomic E-state index is 0.0441. The number of hydrogen-bond donors (Lipinski definition) is 0. The summed E-state index contributed by atoms with van der Waals surface area (Å²) in [4.78, 5) is 50.9. The molecule has 2 rings (SSSR count). The lowest BCUT2D eigenvalue weighted by Crippen LogP contribution is -2.36. The van der Waals surface area contributed by atoms with Crippen LogP contribution in [0.3, 0.4) is 0 Å². The first-order valence-electron chi connectivity index (χ1n) is 9.76. The average Bonchev–Trinajstić information content (AvgIpc) is 2.94. The predicted octanol–water partition coefficient (Wildman–Crippen LogP) is 2.80. The lowest BCUT2D eigenvalue weighted by atomic mass is 10.1. The van der Waals surface area contributed by atoms with E-state index < -0.39 is 0 Å². The average molecular weight is 350 g/mol. The van der Waals surface area contributed by atoms with Gasteiger partial charge in [-0.1, -0.05) is 19.3 Å². The van der Waals surface area contributed by atoms with E-state index in [0.29, 0.717) is 51.6 Å². The highest BCUT2D eigenvalue weighted by Gasteiger charge is 2.23. The first kappa shape index (κ1) is 19.6. The van der Waals surface area contributed by atoms with Crippen molar-refractivity contribution in [3.05, 3.63) is 0 Å². The number of carbonyl (C=O) groups excluding carboxylic acids is 4. The second-order valence-electron chi connectivity index (χ2n) is 7.06. The van der Waals surface area contributed by atoms with Crippen LogP contribution in [0, 0.1) is 0 Å². The number of hydrogen-bond acceptors (Lipinski definition) is 4. The van der Waals surface area contributed by atoms with Gasteiger partial charge in [0.05, 0.1) is 0 Å². The monoisotopic (exact) mass is 350 g/mol. The van der Waals surface area contributed by atoms with Crippen molar-refractivity contribution >= 4 is 23.6 Å². The Morgan fingerprint density at radius 1 is 0.640 bits per heavy atom. The van der Waals surface area contributed by atoms with Crippen molar-refractivity contribution in [3.8, 4) is 0 Å². The predicted molar refractivity (Wildman–Crippen MR) is 93.5 cm³/mol. The Bertz CT molecular complexity index is 460. The Morgan fingerprint density at radius 2 is 1.08 bits per heavy atom. The molecule has 0 atom stereocenters. The van der Waals surface area contributed by atoms with Gasteiger partial charge in [-0.05, 0) is 38.5 Å². The van der Waals surface area contributed by atoms with E-state index in [0.717, 1.165) is 44.9 Å². The first-order chi connectivity index (χ1) is 12.1. The Balaban J connectivity index is 1.63. The zero-order valence-electron chi connectivity index (χ0n) is 15.1. The maximum atomic E-state index is 12.2. The number of carbonyl (C=O) groups is 4. The molecular weight excluding hydrogens is 320 g/mol. The molecule has 6 heteroatoms. The fourth-order valence-corrected chi connectivity index (χ4v) is 3.49. The lowest BCUT2D eigenvalue weighted by molar-refractivity contribution is -0.145. The topological polar surface area (TPSA) is 74.8 Å². The Morgan fingerprint density at radius 3 is 1.52 bits per heavy atom. The van der Waals surface area contributed by atoms with E-state index in [1.807, 2.05) is 0 Å². The van der Waals surface area contributed by atoms with E-state index in [4.69, 9.17) is 0 Å². The third-order valence-electron chi connectivity index (χ3n) is 5.03. The molecule has 0 bridgehead atoms. The van der Waals surface area contributed by atoms with Crippen LogP contribution in [0.15, 0.2) is 0 Å². The molecule has 0 saturated carbocycles. The van der Waals surface area contributed by atoms with Gasteiger partial charge in [-0.15, -0.1) is 0 Å². The van der Waals surface area contributed by atoms with E-state index in [2.05, 4.69) is 0 Å². The molecule has 140 valence electrons. The van der Waals surface area contributed by atoms with Crippen molar-refractivity contribution in [2.24, 2.45) is 0 Å². The molecule has 0 N–H and O–H groups in total. The van der Waals surface area contributed by atoms with Crippen molar-refractivity contribution in [3.63, 3.8) is 0 Å². The molecule has 0 radical (unpaired) electrons. The summed E-state index contributed by atoms with van der Waals surface area (Å²) in [5, 5.41) is 0. The summed E-state index contributed by atoms with van der Waals surface area (Å²) >= 11 is 0. The molecule has 0 aromatic heterocycles. The molecule has 0 aromatic carbocycles. The highest BCUT2D eigenvalue weighted by atomic mass is 16.2. The van der Waals surface area contributed by atoms with Crippen LogP contribution < -0.4 is 0 Å². The summed E-state index contributed by atoms with van der Waals surface area (Å²) in [6, 6.07) is 0. The molecule has 0 unspecified atom stereocenters. The van der Waals surface area contributed by atoms with Crippen LogP contribution in [-0.4, -0.2) is 46.5 Å². The maximum absolute atomic E-state index is 12.2. The number of unbranched alkanes of at least 4 members (excludes halogenated alkanes) is 2. The van der Waals surface area contributed by atoms with E-state index in [1.54, 1.807) is 0 Å². The lowest BCUT2D eigenvalue weighted by Gasteiger charge is -2.19. The smallest absolute Gasteiger partial charge is 0.229 e. The zero-order chi connectivity index (χ0) is 18.1. The van der Waals surface area contributed by atoms with Gasteiger partial charge in [0, 0.05) is 38.8 Å². The van der Waals surface area contributed by atoms with Crippen LogP contribution >= 0.6 is 0 Å². The Hall–Kier alpha value is -1.72. The third kappa shape index (κ3) is 6.25. The summed E-state index contributed by atoms with van der Waals surface area (Å²) in [5.41, 5.74) is 0. The highest BCUT2D eigenvalue weighted by Crippen LogP contribution is 2.16. The van der Waals surface area contributed by atoms with Gasteiger partial charge in [-0.3, -0.25) is 29.0 Å². The van der Waals surface area contributed by atoms with E-state index in [9.17, 15) is 19.2 Å². The van der Waals surface area contributed by atoms with Crippen molar-refractivity contribution < 1.29 is 19.2 Å². The molecule has 6 nitrogen and oxygen atoms in total. The standard InChI is InChI=1S/C19H30N2O4/c22-16(20-14-8-2-6-12-18(20)24)10-4-1-5-11-17(23)21-15-9-3-7-13-19(21)25/h1-15H2. The van der Waals surface area contributed by atoms with Gasteiger partial charge in [0.15, 0.2) is 0 Å². The van der Waals surface area contributed by atoms with Crippen molar-refractivity contribution in [2.75, 3.05) is 13.1 Å². The highest BCUT2D eigenvalue weighted by molar-refractivity contribution is 5.96. The number of nitrogens with zero attached hydrogens (tertiary/aromatic N) is 2. The van der Waals surface area contributed by atoms with Gasteiger partial charge in [0.2, 0.25) is 23.6 Å². The molecule has 0 aliphatic carbocycles. The molecule has 2 heterocycles. The largest absolute Gasteiger partial charge is 0.283 e. The molecular formula is C19H30N2O4. The summed E-state index contributed by atoms with van der Waals surface area (Å²) in [5.74, 6) is -0.253. The molecule has 25 heavy (non-hydrogen) atoms. The van der Waals surface area contributed by atoms with E-state index >= 15 is 0 Å². The normalized spacial score (nSPS) is 19.5. The van der Waals surface area contributed by atoms with Crippen LogP contribution in [0.5, 0.6) is 0 Å². The Labute approximate surface area is 149 Å². The van der Waals surface area contributed by atoms with Crippen LogP contribution in [0.2, 0.25) is 0 Å². The maximum Gasteiger partial charge on any atom is 0.229 e. The molecule has 2 aliphatic rings. The summed E-state index contributed by atoms with van der Waals surface area (Å²) in [6.45, 7) is 1.10. The molecule has 0 aromatic rings.